The molecule has 0 radical (unpaired) electrons. The van der Waals surface area contributed by atoms with Gasteiger partial charge in [-0.1, -0.05) is 32.9 Å². The lowest BCUT2D eigenvalue weighted by Crippen LogP contribution is -2.60. The quantitative estimate of drug-likeness (QED) is 0.461. The van der Waals surface area contributed by atoms with E-state index >= 15 is 4.39 Å². The van der Waals surface area contributed by atoms with E-state index in [1.165, 1.54) is 22.1 Å². The van der Waals surface area contributed by atoms with E-state index in [0.717, 1.165) is 18.2 Å². The van der Waals surface area contributed by atoms with Crippen molar-refractivity contribution in [1.29, 1.82) is 5.26 Å². The lowest BCUT2D eigenvalue weighted by Gasteiger charge is -2.39. The van der Waals surface area contributed by atoms with Gasteiger partial charge in [0.25, 0.3) is 11.8 Å². The highest BCUT2D eigenvalue weighted by atomic mass is 19.4. The number of hydrogen-bond donors (Lipinski definition) is 2. The minimum atomic E-state index is -4.83. The van der Waals surface area contributed by atoms with Crippen LogP contribution < -0.4 is 15.4 Å². The molecule has 11 nitrogen and oxygen atoms in total. The number of amides is 4. The van der Waals surface area contributed by atoms with Gasteiger partial charge >= 0.3 is 6.18 Å². The number of anilines is 1. The van der Waals surface area contributed by atoms with Crippen molar-refractivity contribution in [2.45, 2.75) is 76.1 Å². The average Bonchev–Trinajstić information content (AvgIpc) is 3.82. The van der Waals surface area contributed by atoms with E-state index in [-0.39, 0.29) is 49.3 Å². The molecule has 50 heavy (non-hydrogen) atoms. The van der Waals surface area contributed by atoms with E-state index in [0.29, 0.717) is 6.42 Å². The maximum atomic E-state index is 15.4. The van der Waals surface area contributed by atoms with Crippen molar-refractivity contribution in [3.63, 3.8) is 0 Å². The number of carbonyl (C=O) groups excluding carboxylic acids is 4. The van der Waals surface area contributed by atoms with Gasteiger partial charge in [0.1, 0.15) is 24.3 Å². The minimum Gasteiger partial charge on any atom is -0.472 e. The van der Waals surface area contributed by atoms with Gasteiger partial charge in [0.2, 0.25) is 17.4 Å². The molecule has 2 saturated heterocycles. The van der Waals surface area contributed by atoms with Crippen molar-refractivity contribution in [1.82, 2.24) is 20.1 Å². The van der Waals surface area contributed by atoms with Gasteiger partial charge in [-0.05, 0) is 66.2 Å². The molecule has 4 fully saturated rings. The Morgan fingerprint density at radius 3 is 2.54 bits per heavy atom. The first-order chi connectivity index (χ1) is 23.5. The second-order valence-electron chi connectivity index (χ2n) is 15.1. The fourth-order valence-corrected chi connectivity index (χ4v) is 8.87. The number of rotatable bonds is 4. The number of alkyl halides is 4. The summed E-state index contributed by atoms with van der Waals surface area (Å²) in [5.74, 6) is -4.05. The van der Waals surface area contributed by atoms with Crippen molar-refractivity contribution in [3.05, 3.63) is 53.7 Å². The van der Waals surface area contributed by atoms with E-state index in [4.69, 9.17) is 4.74 Å². The number of likely N-dealkylation sites (tertiary alicyclic amines) is 2. The molecule has 7 rings (SSSR count). The summed E-state index contributed by atoms with van der Waals surface area (Å²) in [4.78, 5) is 62.8. The Morgan fingerprint density at radius 2 is 1.84 bits per heavy atom. The number of aromatic nitrogens is 1. The number of halogens is 4. The Kier molecular flexibility index (Phi) is 7.87. The predicted molar refractivity (Wildman–Crippen MR) is 168 cm³/mol. The highest BCUT2D eigenvalue weighted by molar-refractivity contribution is 6.02. The number of pyridine rings is 1. The third-order valence-electron chi connectivity index (χ3n) is 11.2. The average molecular weight is 697 g/mol. The Hall–Kier alpha value is -4.74. The lowest BCUT2D eigenvalue weighted by atomic mass is 9.77. The summed E-state index contributed by atoms with van der Waals surface area (Å²) in [6, 6.07) is 5.81. The molecule has 1 aromatic carbocycles. The Labute approximate surface area is 285 Å². The third-order valence-corrected chi connectivity index (χ3v) is 11.2. The van der Waals surface area contributed by atoms with Gasteiger partial charge in [-0.3, -0.25) is 19.2 Å². The molecule has 0 unspecified atom stereocenters. The van der Waals surface area contributed by atoms with Crippen LogP contribution in [0, 0.1) is 40.4 Å². The number of nitrogens with one attached hydrogen (secondary N) is 2. The first-order valence-corrected chi connectivity index (χ1v) is 16.6. The maximum Gasteiger partial charge on any atom is 0.417 e. The smallest absolute Gasteiger partial charge is 0.417 e. The molecule has 2 N–H and O–H groups in total. The molecule has 9 atom stereocenters. The first-order valence-electron chi connectivity index (χ1n) is 16.6. The summed E-state index contributed by atoms with van der Waals surface area (Å²) in [5, 5.41) is 15.4. The second kappa shape index (κ2) is 11.7. The van der Waals surface area contributed by atoms with E-state index in [2.05, 4.69) is 21.7 Å². The molecular weight excluding hydrogens is 660 g/mol. The molecule has 2 saturated carbocycles. The minimum absolute atomic E-state index is 0.0710. The molecule has 2 aromatic rings. The zero-order valence-corrected chi connectivity index (χ0v) is 27.5. The van der Waals surface area contributed by atoms with Gasteiger partial charge in [-0.15, -0.1) is 0 Å². The summed E-state index contributed by atoms with van der Waals surface area (Å²) in [6.45, 7) is 4.68. The monoisotopic (exact) mass is 696 g/mol. The van der Waals surface area contributed by atoms with Crippen LogP contribution in [0.25, 0.3) is 0 Å². The van der Waals surface area contributed by atoms with Gasteiger partial charge in [0.15, 0.2) is 11.6 Å². The Bertz CT molecular complexity index is 1810. The lowest BCUT2D eigenvalue weighted by molar-refractivity contribution is -0.149. The highest BCUT2D eigenvalue weighted by Gasteiger charge is 2.65. The van der Waals surface area contributed by atoms with Crippen LogP contribution in [0.2, 0.25) is 0 Å². The van der Waals surface area contributed by atoms with Gasteiger partial charge in [0.05, 0.1) is 23.7 Å². The Morgan fingerprint density at radius 1 is 1.10 bits per heavy atom. The molecule has 4 heterocycles. The highest BCUT2D eigenvalue weighted by Crippen LogP contribution is 2.59. The SMILES string of the molecule is CC(C)(C)[C@H](NC(=O)c1ccccc1C(F)(F)F)C(=O)N1C[C@@H]2[C@H]3C[C@@H]([C@@H]2[C@H]1C(=O)N1C[C@@]2(C[C@H]1C#N)Oc1cccnc1NC2=O)[C@H](F)C3. The molecular formula is C35H36F4N6O5. The van der Waals surface area contributed by atoms with Crippen molar-refractivity contribution in [2.75, 3.05) is 18.4 Å². The normalized spacial score (nSPS) is 31.8. The third kappa shape index (κ3) is 5.34. The number of ether oxygens (including phenoxy) is 1. The van der Waals surface area contributed by atoms with Gasteiger partial charge in [-0.2, -0.15) is 18.4 Å². The van der Waals surface area contributed by atoms with Crippen molar-refractivity contribution < 1.29 is 41.5 Å². The van der Waals surface area contributed by atoms with Crippen molar-refractivity contribution >= 4 is 29.4 Å². The fourth-order valence-electron chi connectivity index (χ4n) is 8.87. The summed E-state index contributed by atoms with van der Waals surface area (Å²) in [6.07, 6.45) is -3.89. The van der Waals surface area contributed by atoms with Crippen LogP contribution in [-0.2, 0) is 20.6 Å². The second-order valence-corrected chi connectivity index (χ2v) is 15.1. The zero-order chi connectivity index (χ0) is 35.9. The zero-order valence-electron chi connectivity index (χ0n) is 27.5. The predicted octanol–water partition coefficient (Wildman–Crippen LogP) is 3.96. The van der Waals surface area contributed by atoms with Crippen LogP contribution in [0.4, 0.5) is 23.4 Å². The van der Waals surface area contributed by atoms with E-state index in [9.17, 15) is 37.6 Å². The maximum absolute atomic E-state index is 15.4. The summed E-state index contributed by atoms with van der Waals surface area (Å²) >= 11 is 0. The topological polar surface area (TPSA) is 145 Å². The number of nitriles is 1. The molecule has 5 aliphatic rings. The molecule has 15 heteroatoms. The first kappa shape index (κ1) is 33.7. The van der Waals surface area contributed by atoms with Crippen molar-refractivity contribution in [2.24, 2.45) is 29.1 Å². The molecule has 2 bridgehead atoms. The number of hydrogen-bond acceptors (Lipinski definition) is 7. The fraction of sp³-hybridized carbons (Fsp3) is 0.543. The van der Waals surface area contributed by atoms with Crippen LogP contribution in [0.15, 0.2) is 42.6 Å². The van der Waals surface area contributed by atoms with Crippen molar-refractivity contribution in [3.8, 4) is 11.8 Å². The van der Waals surface area contributed by atoms with Crippen LogP contribution in [0.5, 0.6) is 5.75 Å². The molecule has 264 valence electrons. The summed E-state index contributed by atoms with van der Waals surface area (Å²) in [5.41, 5.74) is -4.48. The summed E-state index contributed by atoms with van der Waals surface area (Å²) in [7, 11) is 0. The molecule has 3 aliphatic heterocycles. The van der Waals surface area contributed by atoms with E-state index in [1.807, 2.05) is 0 Å². The van der Waals surface area contributed by atoms with Crippen LogP contribution in [-0.4, -0.2) is 81.4 Å². The summed E-state index contributed by atoms with van der Waals surface area (Å²) < 4.78 is 62.9. The number of fused-ring (bicyclic) bond motifs is 6. The molecule has 2 aliphatic carbocycles. The standard InChI is InChI=1S/C35H36F4N6O5/c1-33(2,3)27(42-29(46)19-7-4-5-8-22(19)35(37,38)39)31(48)44-15-21-17-11-20(23(36)12-17)25(21)26(44)30(47)45-16-34(13-18(45)14-40)32(49)43-28-24(50-34)9-6-10-41-28/h4-10,17-18,20-21,23,25-27H,11-13,15-16H2,1-3H3,(H,42,46)(H,41,43,49)/t17-,18-,20+,21+,23+,25-,26-,27+,34+/m0/s1. The molecule has 1 spiro atoms. The number of carbonyl (C=O) groups is 4. The van der Waals surface area contributed by atoms with Crippen LogP contribution in [0.3, 0.4) is 0 Å². The Balaban J connectivity index is 1.22. The molecule has 1 aromatic heterocycles. The van der Waals surface area contributed by atoms with E-state index < -0.39 is 88.1 Å². The van der Waals surface area contributed by atoms with Crippen LogP contribution in [0.1, 0.15) is 56.0 Å². The van der Waals surface area contributed by atoms with E-state index in [1.54, 1.807) is 32.9 Å². The van der Waals surface area contributed by atoms with Gasteiger partial charge in [0, 0.05) is 19.2 Å². The largest absolute Gasteiger partial charge is 0.472 e. The molecule has 4 amide bonds. The number of nitrogens with zero attached hydrogens (tertiary/aromatic N) is 4. The number of benzene rings is 1. The van der Waals surface area contributed by atoms with Gasteiger partial charge in [-0.25, -0.2) is 9.37 Å². The van der Waals surface area contributed by atoms with Crippen LogP contribution >= 0.6 is 0 Å². The van der Waals surface area contributed by atoms with Gasteiger partial charge < -0.3 is 25.2 Å².